The van der Waals surface area contributed by atoms with Gasteiger partial charge in [0.2, 0.25) is 5.16 Å². The topological polar surface area (TPSA) is 98.2 Å². The molecule has 2 heterocycles. The Morgan fingerprint density at radius 3 is 2.81 bits per heavy atom. The molecule has 0 aliphatic rings. The molecule has 0 radical (unpaired) electrons. The van der Waals surface area contributed by atoms with Crippen molar-refractivity contribution in [1.82, 2.24) is 24.9 Å². The molecule has 2 aromatic heterocycles. The minimum atomic E-state index is -0.113. The van der Waals surface area contributed by atoms with Gasteiger partial charge < -0.3 is 11.1 Å². The first-order valence-corrected chi connectivity index (χ1v) is 8.97. The molecule has 0 saturated carbocycles. The van der Waals surface area contributed by atoms with Crippen LogP contribution >= 0.6 is 24.2 Å². The van der Waals surface area contributed by atoms with E-state index in [-0.39, 0.29) is 18.3 Å². The Morgan fingerprint density at radius 2 is 2.04 bits per heavy atom. The normalized spacial score (nSPS) is 10.6. The van der Waals surface area contributed by atoms with Crippen LogP contribution in [0.4, 0.5) is 0 Å². The van der Waals surface area contributed by atoms with Crippen molar-refractivity contribution >= 4 is 35.9 Å². The lowest BCUT2D eigenvalue weighted by Crippen LogP contribution is -2.29. The number of aryl methyl sites for hydroxylation is 2. The molecule has 1 amide bonds. The van der Waals surface area contributed by atoms with E-state index in [2.05, 4.69) is 20.4 Å². The van der Waals surface area contributed by atoms with Gasteiger partial charge in [0.05, 0.1) is 0 Å². The number of aromatic nitrogens is 4. The van der Waals surface area contributed by atoms with Gasteiger partial charge in [-0.05, 0) is 31.5 Å². The Bertz CT molecular complexity index is 913. The Labute approximate surface area is 162 Å². The first-order valence-electron chi connectivity index (χ1n) is 7.98. The first kappa shape index (κ1) is 20.2. The van der Waals surface area contributed by atoms with E-state index in [1.54, 1.807) is 4.52 Å². The first-order chi connectivity index (χ1) is 12.1. The van der Waals surface area contributed by atoms with E-state index in [0.717, 1.165) is 17.0 Å². The van der Waals surface area contributed by atoms with Crippen LogP contribution in [0.1, 0.15) is 27.3 Å². The monoisotopic (exact) mass is 392 g/mol. The van der Waals surface area contributed by atoms with Crippen LogP contribution in [0, 0.1) is 13.8 Å². The molecule has 0 bridgehead atoms. The van der Waals surface area contributed by atoms with Gasteiger partial charge in [-0.25, -0.2) is 9.50 Å². The van der Waals surface area contributed by atoms with Gasteiger partial charge >= 0.3 is 0 Å². The molecule has 0 aliphatic carbocycles. The molecule has 0 saturated heterocycles. The number of thioether (sulfide) groups is 1. The smallest absolute Gasteiger partial charge is 0.253 e. The number of hydrogen-bond donors (Lipinski definition) is 2. The summed E-state index contributed by atoms with van der Waals surface area (Å²) in [7, 11) is 0. The third kappa shape index (κ3) is 4.51. The molecule has 3 aromatic rings. The predicted molar refractivity (Wildman–Crippen MR) is 105 cm³/mol. The molecule has 0 fully saturated rings. The summed E-state index contributed by atoms with van der Waals surface area (Å²) in [6.45, 7) is 4.78. The van der Waals surface area contributed by atoms with Crippen molar-refractivity contribution in [3.8, 4) is 0 Å². The van der Waals surface area contributed by atoms with E-state index < -0.39 is 0 Å². The van der Waals surface area contributed by atoms with E-state index in [0.29, 0.717) is 35.3 Å². The number of hydrogen-bond acceptors (Lipinski definition) is 6. The van der Waals surface area contributed by atoms with Crippen molar-refractivity contribution < 1.29 is 4.79 Å². The standard InChI is InChI=1S/C17H20N6OS.ClH/c1-11-9-12(2)23-16(20-11)21-17(22-23)25-10-13-5-3-4-6-14(13)15(24)19-8-7-18;/h3-6,9H,7-8,10,18H2,1-2H3,(H,19,24);1H. The number of nitrogens with one attached hydrogen (secondary N) is 1. The summed E-state index contributed by atoms with van der Waals surface area (Å²) in [5.41, 5.74) is 8.93. The maximum Gasteiger partial charge on any atom is 0.253 e. The summed E-state index contributed by atoms with van der Waals surface area (Å²) < 4.78 is 1.73. The molecule has 0 spiro atoms. The van der Waals surface area contributed by atoms with Crippen LogP contribution in [0.25, 0.3) is 5.78 Å². The molecule has 0 unspecified atom stereocenters. The van der Waals surface area contributed by atoms with Crippen molar-refractivity contribution in [2.24, 2.45) is 5.73 Å². The van der Waals surface area contributed by atoms with E-state index in [1.165, 1.54) is 11.8 Å². The van der Waals surface area contributed by atoms with Gasteiger partial charge in [-0.1, -0.05) is 30.0 Å². The van der Waals surface area contributed by atoms with Crippen LogP contribution in [-0.2, 0) is 5.75 Å². The Balaban J connectivity index is 0.00000243. The highest BCUT2D eigenvalue weighted by Gasteiger charge is 2.13. The third-order valence-corrected chi connectivity index (χ3v) is 4.53. The van der Waals surface area contributed by atoms with Gasteiger partial charge in [0.25, 0.3) is 11.7 Å². The zero-order valence-electron chi connectivity index (χ0n) is 14.6. The number of halogens is 1. The summed E-state index contributed by atoms with van der Waals surface area (Å²) in [4.78, 5) is 21.1. The maximum atomic E-state index is 12.2. The maximum absolute atomic E-state index is 12.2. The molecular weight excluding hydrogens is 372 g/mol. The Morgan fingerprint density at radius 1 is 1.27 bits per heavy atom. The molecule has 26 heavy (non-hydrogen) atoms. The van der Waals surface area contributed by atoms with E-state index in [1.807, 2.05) is 44.2 Å². The van der Waals surface area contributed by atoms with Gasteiger partial charge in [0.15, 0.2) is 0 Å². The van der Waals surface area contributed by atoms with Crippen LogP contribution in [0.15, 0.2) is 35.5 Å². The van der Waals surface area contributed by atoms with Crippen molar-refractivity contribution in [1.29, 1.82) is 0 Å². The summed E-state index contributed by atoms with van der Waals surface area (Å²) in [6.07, 6.45) is 0. The number of benzene rings is 1. The highest BCUT2D eigenvalue weighted by Crippen LogP contribution is 2.22. The average molecular weight is 393 g/mol. The Hall–Kier alpha value is -2.16. The molecule has 9 heteroatoms. The van der Waals surface area contributed by atoms with Crippen LogP contribution in [0.5, 0.6) is 0 Å². The summed E-state index contributed by atoms with van der Waals surface area (Å²) >= 11 is 1.48. The van der Waals surface area contributed by atoms with Crippen molar-refractivity contribution in [2.45, 2.75) is 24.8 Å². The van der Waals surface area contributed by atoms with Crippen LogP contribution in [0.3, 0.4) is 0 Å². The molecule has 138 valence electrons. The third-order valence-electron chi connectivity index (χ3n) is 3.65. The number of rotatable bonds is 6. The van der Waals surface area contributed by atoms with Crippen LogP contribution in [0.2, 0.25) is 0 Å². The zero-order chi connectivity index (χ0) is 17.8. The second kappa shape index (κ2) is 8.98. The zero-order valence-corrected chi connectivity index (χ0v) is 16.2. The number of nitrogens with zero attached hydrogens (tertiary/aromatic N) is 4. The number of nitrogens with two attached hydrogens (primary N) is 1. The quantitative estimate of drug-likeness (QED) is 0.623. The van der Waals surface area contributed by atoms with Gasteiger partial charge in [-0.2, -0.15) is 4.98 Å². The lowest BCUT2D eigenvalue weighted by molar-refractivity contribution is 0.0954. The predicted octanol–water partition coefficient (Wildman–Crippen LogP) is 2.14. The van der Waals surface area contributed by atoms with E-state index >= 15 is 0 Å². The molecule has 1 aromatic carbocycles. The van der Waals surface area contributed by atoms with E-state index in [9.17, 15) is 4.79 Å². The number of fused-ring (bicyclic) bond motifs is 1. The number of carbonyl (C=O) groups is 1. The molecule has 0 aliphatic heterocycles. The molecule has 3 rings (SSSR count). The highest BCUT2D eigenvalue weighted by atomic mass is 35.5. The van der Waals surface area contributed by atoms with Gasteiger partial charge in [0.1, 0.15) is 0 Å². The summed E-state index contributed by atoms with van der Waals surface area (Å²) in [6, 6.07) is 9.49. The minimum Gasteiger partial charge on any atom is -0.351 e. The van der Waals surface area contributed by atoms with Crippen molar-refractivity contribution in [3.63, 3.8) is 0 Å². The minimum absolute atomic E-state index is 0. The highest BCUT2D eigenvalue weighted by molar-refractivity contribution is 7.98. The second-order valence-corrected chi connectivity index (χ2v) is 6.58. The lowest BCUT2D eigenvalue weighted by atomic mass is 10.1. The Kier molecular flexibility index (Phi) is 6.96. The fourth-order valence-electron chi connectivity index (χ4n) is 2.50. The van der Waals surface area contributed by atoms with Crippen molar-refractivity contribution in [2.75, 3.05) is 13.1 Å². The number of carbonyl (C=O) groups excluding carboxylic acids is 1. The summed E-state index contributed by atoms with van der Waals surface area (Å²) in [5, 5.41) is 7.92. The molecule has 3 N–H and O–H groups in total. The van der Waals surface area contributed by atoms with Gasteiger partial charge in [0, 0.05) is 35.8 Å². The van der Waals surface area contributed by atoms with Crippen LogP contribution in [-0.4, -0.2) is 38.6 Å². The second-order valence-electron chi connectivity index (χ2n) is 5.64. The molecular formula is C17H21ClN6OS. The van der Waals surface area contributed by atoms with Crippen molar-refractivity contribution in [3.05, 3.63) is 52.8 Å². The van der Waals surface area contributed by atoms with E-state index in [4.69, 9.17) is 5.73 Å². The fraction of sp³-hybridized carbons (Fsp3) is 0.294. The van der Waals surface area contributed by atoms with Gasteiger partial charge in [-0.3, -0.25) is 4.79 Å². The number of amides is 1. The molecule has 7 nitrogen and oxygen atoms in total. The largest absolute Gasteiger partial charge is 0.351 e. The van der Waals surface area contributed by atoms with Crippen LogP contribution < -0.4 is 11.1 Å². The SMILES string of the molecule is Cc1cc(C)n2nc(SCc3ccccc3C(=O)NCCN)nc2n1.Cl. The lowest BCUT2D eigenvalue weighted by Gasteiger charge is -2.08. The summed E-state index contributed by atoms with van der Waals surface area (Å²) in [5.74, 6) is 1.08. The fourth-order valence-corrected chi connectivity index (χ4v) is 3.32. The van der Waals surface area contributed by atoms with Gasteiger partial charge in [-0.15, -0.1) is 17.5 Å². The molecule has 0 atom stereocenters. The average Bonchev–Trinajstić information content (AvgIpc) is 3.01.